The Morgan fingerprint density at radius 2 is 1.64 bits per heavy atom. The number of hydrogen-bond donors (Lipinski definition) is 1. The SMILES string of the molecule is C[C@H](OC(=O)c1ccc(Cl)c(S(=O)(=O)Nc2ccccc2N2CCOCC2)c1)C(=O)c1ccccc1. The molecule has 4 rings (SSSR count). The van der Waals surface area contributed by atoms with Gasteiger partial charge < -0.3 is 14.4 Å². The Labute approximate surface area is 214 Å². The zero-order valence-corrected chi connectivity index (χ0v) is 21.1. The minimum atomic E-state index is -4.16. The van der Waals surface area contributed by atoms with E-state index in [0.717, 1.165) is 6.07 Å². The van der Waals surface area contributed by atoms with E-state index in [-0.39, 0.29) is 21.3 Å². The number of para-hydroxylation sites is 2. The first kappa shape index (κ1) is 25.7. The van der Waals surface area contributed by atoms with E-state index in [1.165, 1.54) is 19.1 Å². The number of ether oxygens (including phenoxy) is 2. The summed E-state index contributed by atoms with van der Waals surface area (Å²) >= 11 is 6.22. The lowest BCUT2D eigenvalue weighted by Gasteiger charge is -2.30. The molecule has 3 aromatic rings. The number of hydrogen-bond acceptors (Lipinski definition) is 7. The molecule has 1 atom stereocenters. The summed E-state index contributed by atoms with van der Waals surface area (Å²) in [5, 5.41) is -0.0590. The third-order valence-electron chi connectivity index (χ3n) is 5.67. The van der Waals surface area contributed by atoms with Gasteiger partial charge in [-0.05, 0) is 37.3 Å². The smallest absolute Gasteiger partial charge is 0.338 e. The number of nitrogens with zero attached hydrogens (tertiary/aromatic N) is 1. The number of benzene rings is 3. The second-order valence-corrected chi connectivity index (χ2v) is 10.2. The lowest BCUT2D eigenvalue weighted by atomic mass is 10.1. The molecule has 0 saturated carbocycles. The van der Waals surface area contributed by atoms with Gasteiger partial charge in [0, 0.05) is 18.7 Å². The van der Waals surface area contributed by atoms with Crippen LogP contribution in [0.4, 0.5) is 11.4 Å². The zero-order chi connectivity index (χ0) is 25.7. The number of carbonyl (C=O) groups excluding carboxylic acids is 2. The van der Waals surface area contributed by atoms with Gasteiger partial charge in [0.1, 0.15) is 4.90 Å². The van der Waals surface area contributed by atoms with Gasteiger partial charge in [-0.2, -0.15) is 0 Å². The number of esters is 1. The Balaban J connectivity index is 1.55. The highest BCUT2D eigenvalue weighted by Gasteiger charge is 2.25. The second kappa shape index (κ2) is 11.1. The lowest BCUT2D eigenvalue weighted by molar-refractivity contribution is 0.0318. The molecule has 0 amide bonds. The van der Waals surface area contributed by atoms with Crippen molar-refractivity contribution in [1.29, 1.82) is 0 Å². The number of morpholine rings is 1. The van der Waals surface area contributed by atoms with Gasteiger partial charge in [-0.15, -0.1) is 0 Å². The normalized spacial score (nSPS) is 14.7. The van der Waals surface area contributed by atoms with Gasteiger partial charge in [-0.25, -0.2) is 13.2 Å². The van der Waals surface area contributed by atoms with Crippen LogP contribution in [-0.4, -0.2) is 52.6 Å². The first-order valence-electron chi connectivity index (χ1n) is 11.3. The van der Waals surface area contributed by atoms with Crippen molar-refractivity contribution in [3.8, 4) is 0 Å². The minimum absolute atomic E-state index is 0.0473. The molecule has 0 spiro atoms. The van der Waals surface area contributed by atoms with E-state index >= 15 is 0 Å². The van der Waals surface area contributed by atoms with Crippen LogP contribution in [0, 0.1) is 0 Å². The van der Waals surface area contributed by atoms with Gasteiger partial charge in [0.2, 0.25) is 5.78 Å². The van der Waals surface area contributed by atoms with E-state index in [2.05, 4.69) is 4.72 Å². The molecule has 8 nitrogen and oxygen atoms in total. The van der Waals surface area contributed by atoms with Gasteiger partial charge in [0.25, 0.3) is 10.0 Å². The molecule has 1 aliphatic rings. The average molecular weight is 529 g/mol. The Kier molecular flexibility index (Phi) is 7.93. The molecule has 0 aromatic heterocycles. The number of ketones is 1. The van der Waals surface area contributed by atoms with Crippen LogP contribution in [0.2, 0.25) is 5.02 Å². The van der Waals surface area contributed by atoms with Gasteiger partial charge in [-0.1, -0.05) is 54.1 Å². The quantitative estimate of drug-likeness (QED) is 0.341. The Hall–Kier alpha value is -3.40. The van der Waals surface area contributed by atoms with Crippen molar-refractivity contribution in [2.45, 2.75) is 17.9 Å². The molecule has 1 saturated heterocycles. The monoisotopic (exact) mass is 528 g/mol. The Bertz CT molecular complexity index is 1360. The number of sulfonamides is 1. The predicted octanol–water partition coefficient (Wildman–Crippen LogP) is 4.41. The molecule has 3 aromatic carbocycles. The van der Waals surface area contributed by atoms with Crippen LogP contribution in [0.25, 0.3) is 0 Å². The first-order chi connectivity index (χ1) is 17.3. The fourth-order valence-electron chi connectivity index (χ4n) is 3.80. The van der Waals surface area contributed by atoms with Crippen LogP contribution in [0.5, 0.6) is 0 Å². The zero-order valence-electron chi connectivity index (χ0n) is 19.5. The summed E-state index contributed by atoms with van der Waals surface area (Å²) in [5.74, 6) is -1.21. The molecule has 0 unspecified atom stereocenters. The number of rotatable bonds is 8. The predicted molar refractivity (Wildman–Crippen MR) is 137 cm³/mol. The standard InChI is InChI=1S/C26H25ClN2O6S/c1-18(25(30)19-7-3-2-4-8-19)35-26(31)20-11-12-21(27)24(17-20)36(32,33)28-22-9-5-6-10-23(22)29-13-15-34-16-14-29/h2-12,17-18,28H,13-16H2,1H3/t18-/m0/s1. The van der Waals surface area contributed by atoms with Gasteiger partial charge in [-0.3, -0.25) is 9.52 Å². The maximum atomic E-state index is 13.3. The van der Waals surface area contributed by atoms with Crippen molar-refractivity contribution in [1.82, 2.24) is 0 Å². The van der Waals surface area contributed by atoms with Gasteiger partial charge in [0.15, 0.2) is 6.10 Å². The second-order valence-electron chi connectivity index (χ2n) is 8.15. The van der Waals surface area contributed by atoms with Crippen LogP contribution < -0.4 is 9.62 Å². The molecule has 188 valence electrons. The van der Waals surface area contributed by atoms with Crippen molar-refractivity contribution >= 4 is 44.8 Å². The Morgan fingerprint density at radius 1 is 0.972 bits per heavy atom. The van der Waals surface area contributed by atoms with E-state index in [9.17, 15) is 18.0 Å². The molecule has 0 aliphatic carbocycles. The lowest BCUT2D eigenvalue weighted by Crippen LogP contribution is -2.36. The van der Waals surface area contributed by atoms with Gasteiger partial charge in [0.05, 0.1) is 35.2 Å². The molecule has 1 fully saturated rings. The number of Topliss-reactive ketones (excluding diaryl/α,β-unsaturated/α-hetero) is 1. The summed E-state index contributed by atoms with van der Waals surface area (Å²) < 4.78 is 39.9. The molecule has 1 heterocycles. The molecule has 0 radical (unpaired) electrons. The van der Waals surface area contributed by atoms with E-state index in [1.807, 2.05) is 17.0 Å². The summed E-state index contributed by atoms with van der Waals surface area (Å²) in [6.07, 6.45) is -1.06. The maximum absolute atomic E-state index is 13.3. The molecule has 0 bridgehead atoms. The summed E-state index contributed by atoms with van der Waals surface area (Å²) in [7, 11) is -4.16. The summed E-state index contributed by atoms with van der Waals surface area (Å²) in [6.45, 7) is 3.80. The number of halogens is 1. The highest BCUT2D eigenvalue weighted by molar-refractivity contribution is 7.92. The molecular formula is C26H25ClN2O6S. The fraction of sp³-hybridized carbons (Fsp3) is 0.231. The largest absolute Gasteiger partial charge is 0.451 e. The van der Waals surface area contributed by atoms with E-state index in [1.54, 1.807) is 42.5 Å². The van der Waals surface area contributed by atoms with Crippen molar-refractivity contribution in [2.75, 3.05) is 35.9 Å². The maximum Gasteiger partial charge on any atom is 0.338 e. The van der Waals surface area contributed by atoms with E-state index in [4.69, 9.17) is 21.1 Å². The molecule has 1 aliphatic heterocycles. The third-order valence-corrected chi connectivity index (χ3v) is 7.51. The topological polar surface area (TPSA) is 102 Å². The summed E-state index contributed by atoms with van der Waals surface area (Å²) in [6, 6.07) is 19.3. The Morgan fingerprint density at radius 3 is 2.36 bits per heavy atom. The van der Waals surface area contributed by atoms with Crippen molar-refractivity contribution in [3.63, 3.8) is 0 Å². The fourth-order valence-corrected chi connectivity index (χ4v) is 5.40. The minimum Gasteiger partial charge on any atom is -0.451 e. The summed E-state index contributed by atoms with van der Waals surface area (Å²) in [5.41, 5.74) is 1.45. The number of carbonyl (C=O) groups is 2. The highest BCUT2D eigenvalue weighted by atomic mass is 35.5. The molecular weight excluding hydrogens is 504 g/mol. The molecule has 36 heavy (non-hydrogen) atoms. The van der Waals surface area contributed by atoms with Crippen LogP contribution in [0.3, 0.4) is 0 Å². The number of nitrogens with one attached hydrogen (secondary N) is 1. The van der Waals surface area contributed by atoms with Crippen LogP contribution in [0.15, 0.2) is 77.7 Å². The average Bonchev–Trinajstić information content (AvgIpc) is 2.89. The first-order valence-corrected chi connectivity index (χ1v) is 13.2. The number of anilines is 2. The van der Waals surface area contributed by atoms with E-state index < -0.39 is 22.1 Å². The third kappa shape index (κ3) is 5.87. The van der Waals surface area contributed by atoms with Crippen molar-refractivity contribution in [2.24, 2.45) is 0 Å². The highest BCUT2D eigenvalue weighted by Crippen LogP contribution is 2.31. The van der Waals surface area contributed by atoms with Crippen LogP contribution in [0.1, 0.15) is 27.6 Å². The molecule has 1 N–H and O–H groups in total. The van der Waals surface area contributed by atoms with Crippen LogP contribution in [-0.2, 0) is 19.5 Å². The van der Waals surface area contributed by atoms with Crippen LogP contribution >= 0.6 is 11.6 Å². The molecule has 10 heteroatoms. The van der Waals surface area contributed by atoms with Crippen molar-refractivity contribution in [3.05, 3.63) is 88.9 Å². The van der Waals surface area contributed by atoms with E-state index in [0.29, 0.717) is 43.2 Å². The van der Waals surface area contributed by atoms with Crippen molar-refractivity contribution < 1.29 is 27.5 Å². The summed E-state index contributed by atoms with van der Waals surface area (Å²) in [4.78, 5) is 27.0. The van der Waals surface area contributed by atoms with Gasteiger partial charge >= 0.3 is 5.97 Å².